The molecule has 0 radical (unpaired) electrons. The van der Waals surface area contributed by atoms with Gasteiger partial charge in [-0.15, -0.1) is 0 Å². The molecule has 0 aliphatic heterocycles. The average molecular weight is 349 g/mol. The second-order valence-corrected chi connectivity index (χ2v) is 5.60. The molecule has 0 bridgehead atoms. The Bertz CT molecular complexity index is 541. The molecule has 4 atom stereocenters. The molecule has 1 rings (SSSR count). The molecule has 0 amide bonds. The molecule has 0 aromatic heterocycles. The van der Waals surface area contributed by atoms with Gasteiger partial charge in [0.15, 0.2) is 0 Å². The van der Waals surface area contributed by atoms with E-state index in [-0.39, 0.29) is 18.1 Å². The van der Waals surface area contributed by atoms with Crippen molar-refractivity contribution in [2.75, 3.05) is 6.61 Å². The van der Waals surface area contributed by atoms with E-state index in [1.165, 1.54) is 0 Å². The number of esters is 1. The first-order valence-corrected chi connectivity index (χ1v) is 7.28. The zero-order valence-electron chi connectivity index (χ0n) is 12.3. The van der Waals surface area contributed by atoms with Crippen LogP contribution in [0, 0.1) is 23.7 Å². The number of ether oxygens (including phenoxy) is 1. The Kier molecular flexibility index (Phi) is 6.56. The maximum atomic E-state index is 12.0. The van der Waals surface area contributed by atoms with Crippen molar-refractivity contribution in [3.05, 3.63) is 11.1 Å². The Morgan fingerprint density at radius 3 is 2.30 bits per heavy atom. The number of rotatable bonds is 7. The molecule has 0 saturated carbocycles. The fourth-order valence-corrected chi connectivity index (χ4v) is 3.00. The first-order valence-electron chi connectivity index (χ1n) is 6.90. The summed E-state index contributed by atoms with van der Waals surface area (Å²) in [5.41, 5.74) is 0. The third kappa shape index (κ3) is 4.69. The highest BCUT2D eigenvalue weighted by atomic mass is 35.5. The zero-order chi connectivity index (χ0) is 17.7. The van der Waals surface area contributed by atoms with Crippen molar-refractivity contribution in [3.8, 4) is 0 Å². The van der Waals surface area contributed by atoms with Crippen molar-refractivity contribution in [1.82, 2.24) is 0 Å². The summed E-state index contributed by atoms with van der Waals surface area (Å²) < 4.78 is 4.82. The van der Waals surface area contributed by atoms with Crippen LogP contribution < -0.4 is 0 Å². The topological polar surface area (TPSA) is 138 Å². The van der Waals surface area contributed by atoms with Gasteiger partial charge in [0.25, 0.3) is 0 Å². The number of hydrogen-bond acceptors (Lipinski definition) is 5. The second kappa shape index (κ2) is 7.96. The van der Waals surface area contributed by atoms with Gasteiger partial charge in [-0.2, -0.15) is 0 Å². The molecule has 128 valence electrons. The van der Waals surface area contributed by atoms with E-state index in [2.05, 4.69) is 0 Å². The van der Waals surface area contributed by atoms with Gasteiger partial charge in [0.1, 0.15) is 0 Å². The van der Waals surface area contributed by atoms with Crippen LogP contribution in [-0.4, -0.2) is 45.8 Å². The Morgan fingerprint density at radius 1 is 1.26 bits per heavy atom. The molecular formula is C14H17ClO8. The number of carboxylic acid groups (broad SMARTS) is 3. The lowest BCUT2D eigenvalue weighted by Crippen LogP contribution is -2.38. The van der Waals surface area contributed by atoms with Gasteiger partial charge >= 0.3 is 23.9 Å². The largest absolute Gasteiger partial charge is 0.481 e. The molecule has 0 aromatic carbocycles. The fourth-order valence-electron chi connectivity index (χ4n) is 2.63. The van der Waals surface area contributed by atoms with Crippen LogP contribution in [0.15, 0.2) is 11.1 Å². The molecule has 0 aromatic rings. The predicted octanol–water partition coefficient (Wildman–Crippen LogP) is 1.18. The Balaban J connectivity index is 3.18. The van der Waals surface area contributed by atoms with E-state index < -0.39 is 54.0 Å². The van der Waals surface area contributed by atoms with Gasteiger partial charge in [-0.1, -0.05) is 17.7 Å². The highest BCUT2D eigenvalue weighted by Crippen LogP contribution is 2.41. The van der Waals surface area contributed by atoms with Crippen molar-refractivity contribution in [1.29, 1.82) is 0 Å². The molecule has 0 fully saturated rings. The van der Waals surface area contributed by atoms with Crippen LogP contribution in [0.4, 0.5) is 0 Å². The van der Waals surface area contributed by atoms with Crippen LogP contribution in [-0.2, 0) is 23.9 Å². The zero-order valence-corrected chi connectivity index (χ0v) is 13.0. The van der Waals surface area contributed by atoms with Crippen LogP contribution in [0.3, 0.4) is 0 Å². The summed E-state index contributed by atoms with van der Waals surface area (Å²) in [6, 6.07) is 0. The first kappa shape index (κ1) is 19.0. The van der Waals surface area contributed by atoms with Gasteiger partial charge in [0.05, 0.1) is 30.8 Å². The molecular weight excluding hydrogens is 332 g/mol. The quantitative estimate of drug-likeness (QED) is 0.583. The molecule has 8 nitrogen and oxygen atoms in total. The third-order valence-electron chi connectivity index (χ3n) is 3.71. The van der Waals surface area contributed by atoms with E-state index in [9.17, 15) is 24.3 Å². The van der Waals surface area contributed by atoms with Crippen LogP contribution in [0.25, 0.3) is 0 Å². The van der Waals surface area contributed by atoms with Crippen molar-refractivity contribution < 1.29 is 39.2 Å². The number of hydrogen-bond donors (Lipinski definition) is 3. The van der Waals surface area contributed by atoms with Gasteiger partial charge in [-0.05, 0) is 13.3 Å². The first-order chi connectivity index (χ1) is 10.7. The normalized spacial score (nSPS) is 25.1. The summed E-state index contributed by atoms with van der Waals surface area (Å²) in [5.74, 6) is -9.48. The number of carbonyl (C=O) groups is 4. The molecule has 1 aliphatic rings. The van der Waals surface area contributed by atoms with Gasteiger partial charge in [-0.3, -0.25) is 19.2 Å². The minimum absolute atomic E-state index is 0.0309. The fraction of sp³-hybridized carbons (Fsp3) is 0.571. The van der Waals surface area contributed by atoms with Crippen LogP contribution in [0.5, 0.6) is 0 Å². The van der Waals surface area contributed by atoms with E-state index in [0.29, 0.717) is 0 Å². The Labute approximate surface area is 136 Å². The van der Waals surface area contributed by atoms with E-state index in [1.54, 1.807) is 6.92 Å². The molecule has 4 unspecified atom stereocenters. The minimum atomic E-state index is -1.35. The van der Waals surface area contributed by atoms with Crippen molar-refractivity contribution in [2.24, 2.45) is 23.7 Å². The standard InChI is InChI=1S/C14H17ClO8/c1-2-23-14(22)9(5-11(16)17)6-3-7(12(18)19)8(13(20)21)4-10(6)15/h4,6-9H,2-3,5H2,1H3,(H,16,17)(H,18,19)(H,20,21). The Morgan fingerprint density at radius 2 is 1.87 bits per heavy atom. The van der Waals surface area contributed by atoms with Crippen LogP contribution in [0.1, 0.15) is 19.8 Å². The van der Waals surface area contributed by atoms with E-state index >= 15 is 0 Å². The third-order valence-corrected chi connectivity index (χ3v) is 4.11. The van der Waals surface area contributed by atoms with Crippen molar-refractivity contribution >= 4 is 35.5 Å². The maximum absolute atomic E-state index is 12.0. The molecule has 9 heteroatoms. The summed E-state index contributed by atoms with van der Waals surface area (Å²) in [6.07, 6.45) is 0.223. The smallest absolute Gasteiger partial charge is 0.311 e. The summed E-state index contributed by atoms with van der Waals surface area (Å²) in [6.45, 7) is 1.58. The average Bonchev–Trinajstić information content (AvgIpc) is 2.44. The number of allylic oxidation sites excluding steroid dienone is 1. The lowest BCUT2D eigenvalue weighted by molar-refractivity contribution is -0.157. The lowest BCUT2D eigenvalue weighted by atomic mass is 9.73. The van der Waals surface area contributed by atoms with Gasteiger partial charge in [-0.25, -0.2) is 0 Å². The van der Waals surface area contributed by atoms with E-state index in [4.69, 9.17) is 26.6 Å². The summed E-state index contributed by atoms with van der Waals surface area (Å²) >= 11 is 6.02. The summed E-state index contributed by atoms with van der Waals surface area (Å²) in [4.78, 5) is 45.4. The molecule has 1 aliphatic carbocycles. The highest BCUT2D eigenvalue weighted by molar-refractivity contribution is 6.30. The number of aliphatic carboxylic acids is 3. The molecule has 0 saturated heterocycles. The molecule has 0 spiro atoms. The Hall–Kier alpha value is -2.09. The van der Waals surface area contributed by atoms with Gasteiger partial charge in [0.2, 0.25) is 0 Å². The lowest BCUT2D eigenvalue weighted by Gasteiger charge is -2.32. The van der Waals surface area contributed by atoms with Crippen LogP contribution in [0.2, 0.25) is 0 Å². The predicted molar refractivity (Wildman–Crippen MR) is 76.7 cm³/mol. The molecule has 3 N–H and O–H groups in total. The summed E-state index contributed by atoms with van der Waals surface area (Å²) in [7, 11) is 0. The number of halogens is 1. The molecule has 23 heavy (non-hydrogen) atoms. The SMILES string of the molecule is CCOC(=O)C(CC(=O)O)C1CC(C(=O)O)C(C(=O)O)C=C1Cl. The van der Waals surface area contributed by atoms with E-state index in [1.807, 2.05) is 0 Å². The highest BCUT2D eigenvalue weighted by Gasteiger charge is 2.44. The van der Waals surface area contributed by atoms with Gasteiger partial charge in [0, 0.05) is 11.0 Å². The van der Waals surface area contributed by atoms with Crippen LogP contribution >= 0.6 is 11.6 Å². The molecule has 0 heterocycles. The van der Waals surface area contributed by atoms with E-state index in [0.717, 1.165) is 6.08 Å². The second-order valence-electron chi connectivity index (χ2n) is 5.16. The number of carbonyl (C=O) groups excluding carboxylic acids is 1. The number of carboxylic acids is 3. The minimum Gasteiger partial charge on any atom is -0.481 e. The maximum Gasteiger partial charge on any atom is 0.311 e. The summed E-state index contributed by atoms with van der Waals surface area (Å²) in [5, 5.41) is 27.2. The van der Waals surface area contributed by atoms with Crippen molar-refractivity contribution in [3.63, 3.8) is 0 Å². The van der Waals surface area contributed by atoms with Gasteiger partial charge < -0.3 is 20.1 Å². The monoisotopic (exact) mass is 348 g/mol. The van der Waals surface area contributed by atoms with Crippen molar-refractivity contribution in [2.45, 2.75) is 19.8 Å².